The SMILES string of the molecule is Cc1ccccc1CCC(=O)c1ccc(Br)c(F)c1. The van der Waals surface area contributed by atoms with Crippen LogP contribution in [0.25, 0.3) is 0 Å². The number of hydrogen-bond acceptors (Lipinski definition) is 1. The summed E-state index contributed by atoms with van der Waals surface area (Å²) >= 11 is 3.08. The molecule has 3 heteroatoms. The van der Waals surface area contributed by atoms with Crippen molar-refractivity contribution in [3.8, 4) is 0 Å². The standard InChI is InChI=1S/C16H14BrFO/c1-11-4-2-3-5-12(11)7-9-16(19)13-6-8-14(17)15(18)10-13/h2-6,8,10H,7,9H2,1H3. The van der Waals surface area contributed by atoms with Gasteiger partial charge >= 0.3 is 0 Å². The van der Waals surface area contributed by atoms with Crippen LogP contribution in [0.4, 0.5) is 4.39 Å². The minimum Gasteiger partial charge on any atom is -0.294 e. The third kappa shape index (κ3) is 3.51. The minimum absolute atomic E-state index is 0.0327. The number of aryl methyl sites for hydroxylation is 2. The van der Waals surface area contributed by atoms with E-state index in [4.69, 9.17) is 0 Å². The number of carbonyl (C=O) groups is 1. The Morgan fingerprint density at radius 3 is 2.63 bits per heavy atom. The summed E-state index contributed by atoms with van der Waals surface area (Å²) in [6.07, 6.45) is 1.08. The van der Waals surface area contributed by atoms with Crippen LogP contribution < -0.4 is 0 Å². The van der Waals surface area contributed by atoms with Crippen LogP contribution in [-0.2, 0) is 6.42 Å². The van der Waals surface area contributed by atoms with Gasteiger partial charge in [0.1, 0.15) is 5.82 Å². The van der Waals surface area contributed by atoms with E-state index in [0.29, 0.717) is 22.9 Å². The van der Waals surface area contributed by atoms with Crippen molar-refractivity contribution in [1.29, 1.82) is 0 Å². The molecule has 2 aromatic rings. The molecule has 0 aromatic heterocycles. The topological polar surface area (TPSA) is 17.1 Å². The molecule has 2 rings (SSSR count). The maximum atomic E-state index is 13.4. The number of halogens is 2. The van der Waals surface area contributed by atoms with E-state index in [2.05, 4.69) is 15.9 Å². The van der Waals surface area contributed by atoms with Gasteiger partial charge in [-0.15, -0.1) is 0 Å². The van der Waals surface area contributed by atoms with E-state index in [0.717, 1.165) is 5.56 Å². The molecule has 2 aromatic carbocycles. The molecule has 0 fully saturated rings. The summed E-state index contributed by atoms with van der Waals surface area (Å²) < 4.78 is 13.7. The number of ketones is 1. The number of Topliss-reactive ketones (excluding diaryl/α,β-unsaturated/α-hetero) is 1. The Morgan fingerprint density at radius 2 is 1.95 bits per heavy atom. The van der Waals surface area contributed by atoms with Gasteiger partial charge in [-0.3, -0.25) is 4.79 Å². The first-order chi connectivity index (χ1) is 9.08. The van der Waals surface area contributed by atoms with Crippen molar-refractivity contribution in [1.82, 2.24) is 0 Å². The van der Waals surface area contributed by atoms with E-state index in [1.807, 2.05) is 31.2 Å². The summed E-state index contributed by atoms with van der Waals surface area (Å²) in [5.74, 6) is -0.434. The van der Waals surface area contributed by atoms with E-state index in [1.54, 1.807) is 12.1 Å². The number of rotatable bonds is 4. The smallest absolute Gasteiger partial charge is 0.163 e. The fourth-order valence-corrected chi connectivity index (χ4v) is 2.20. The number of hydrogen-bond donors (Lipinski definition) is 0. The maximum Gasteiger partial charge on any atom is 0.163 e. The van der Waals surface area contributed by atoms with Crippen LogP contribution >= 0.6 is 15.9 Å². The molecule has 0 heterocycles. The van der Waals surface area contributed by atoms with Gasteiger partial charge in [0.25, 0.3) is 0 Å². The predicted molar refractivity (Wildman–Crippen MR) is 77.9 cm³/mol. The lowest BCUT2D eigenvalue weighted by atomic mass is 10.00. The first kappa shape index (κ1) is 13.9. The van der Waals surface area contributed by atoms with Crippen molar-refractivity contribution in [3.63, 3.8) is 0 Å². The highest BCUT2D eigenvalue weighted by molar-refractivity contribution is 9.10. The Morgan fingerprint density at radius 1 is 1.21 bits per heavy atom. The van der Waals surface area contributed by atoms with Crippen LogP contribution in [0.15, 0.2) is 46.9 Å². The molecule has 1 nitrogen and oxygen atoms in total. The van der Waals surface area contributed by atoms with Gasteiger partial charge in [0, 0.05) is 12.0 Å². The van der Waals surface area contributed by atoms with Crippen molar-refractivity contribution in [2.45, 2.75) is 19.8 Å². The molecule has 0 aliphatic carbocycles. The molecule has 0 unspecified atom stereocenters. The minimum atomic E-state index is -0.401. The second-order valence-electron chi connectivity index (χ2n) is 4.48. The van der Waals surface area contributed by atoms with Crippen LogP contribution in [0, 0.1) is 12.7 Å². The van der Waals surface area contributed by atoms with Crippen LogP contribution in [0.2, 0.25) is 0 Å². The van der Waals surface area contributed by atoms with Gasteiger partial charge in [-0.05, 0) is 52.5 Å². The first-order valence-corrected chi connectivity index (χ1v) is 6.90. The highest BCUT2D eigenvalue weighted by atomic mass is 79.9. The normalized spacial score (nSPS) is 10.5. The first-order valence-electron chi connectivity index (χ1n) is 6.10. The van der Waals surface area contributed by atoms with E-state index in [-0.39, 0.29) is 5.78 Å². The highest BCUT2D eigenvalue weighted by Gasteiger charge is 2.09. The molecule has 0 N–H and O–H groups in total. The average Bonchev–Trinajstić information content (AvgIpc) is 2.40. The van der Waals surface area contributed by atoms with Crippen LogP contribution in [0.3, 0.4) is 0 Å². The van der Waals surface area contributed by atoms with Crippen molar-refractivity contribution in [2.24, 2.45) is 0 Å². The van der Waals surface area contributed by atoms with Crippen molar-refractivity contribution in [2.75, 3.05) is 0 Å². The van der Waals surface area contributed by atoms with Gasteiger partial charge in [0.15, 0.2) is 5.78 Å². The molecule has 0 spiro atoms. The Labute approximate surface area is 120 Å². The van der Waals surface area contributed by atoms with Crippen LogP contribution in [0.5, 0.6) is 0 Å². The molecule has 0 radical (unpaired) electrons. The van der Waals surface area contributed by atoms with E-state index in [9.17, 15) is 9.18 Å². The fraction of sp³-hybridized carbons (Fsp3) is 0.188. The fourth-order valence-electron chi connectivity index (χ4n) is 1.95. The third-order valence-corrected chi connectivity index (χ3v) is 3.77. The molecule has 0 aliphatic heterocycles. The molecule has 19 heavy (non-hydrogen) atoms. The zero-order chi connectivity index (χ0) is 13.8. The van der Waals surface area contributed by atoms with E-state index < -0.39 is 5.82 Å². The highest BCUT2D eigenvalue weighted by Crippen LogP contribution is 2.18. The second-order valence-corrected chi connectivity index (χ2v) is 5.33. The molecule has 0 bridgehead atoms. The van der Waals surface area contributed by atoms with Crippen molar-refractivity contribution < 1.29 is 9.18 Å². The molecule has 98 valence electrons. The Hall–Kier alpha value is -1.48. The zero-order valence-electron chi connectivity index (χ0n) is 10.6. The van der Waals surface area contributed by atoms with E-state index in [1.165, 1.54) is 11.6 Å². The van der Waals surface area contributed by atoms with Gasteiger partial charge in [-0.25, -0.2) is 4.39 Å². The van der Waals surface area contributed by atoms with Gasteiger partial charge in [-0.1, -0.05) is 30.3 Å². The molecule has 0 amide bonds. The van der Waals surface area contributed by atoms with Crippen LogP contribution in [-0.4, -0.2) is 5.78 Å². The molecular weight excluding hydrogens is 307 g/mol. The monoisotopic (exact) mass is 320 g/mol. The average molecular weight is 321 g/mol. The summed E-state index contributed by atoms with van der Waals surface area (Å²) in [4.78, 5) is 12.0. The van der Waals surface area contributed by atoms with E-state index >= 15 is 0 Å². The predicted octanol–water partition coefficient (Wildman–Crippen LogP) is 4.71. The third-order valence-electron chi connectivity index (χ3n) is 3.12. The van der Waals surface area contributed by atoms with Gasteiger partial charge < -0.3 is 0 Å². The summed E-state index contributed by atoms with van der Waals surface area (Å²) in [5, 5.41) is 0. The summed E-state index contributed by atoms with van der Waals surface area (Å²) in [6.45, 7) is 2.03. The van der Waals surface area contributed by atoms with Gasteiger partial charge in [0.05, 0.1) is 4.47 Å². The van der Waals surface area contributed by atoms with Crippen LogP contribution in [0.1, 0.15) is 27.9 Å². The molecule has 0 saturated heterocycles. The van der Waals surface area contributed by atoms with Gasteiger partial charge in [-0.2, -0.15) is 0 Å². The lowest BCUT2D eigenvalue weighted by Crippen LogP contribution is -2.02. The zero-order valence-corrected chi connectivity index (χ0v) is 12.2. The summed E-state index contributed by atoms with van der Waals surface area (Å²) in [7, 11) is 0. The molecular formula is C16H14BrFO. The molecule has 0 atom stereocenters. The Kier molecular flexibility index (Phi) is 4.48. The lowest BCUT2D eigenvalue weighted by Gasteiger charge is -2.05. The largest absolute Gasteiger partial charge is 0.294 e. The second kappa shape index (κ2) is 6.11. The summed E-state index contributed by atoms with van der Waals surface area (Å²) in [5.41, 5.74) is 2.76. The molecule has 0 saturated carbocycles. The van der Waals surface area contributed by atoms with Gasteiger partial charge in [0.2, 0.25) is 0 Å². The lowest BCUT2D eigenvalue weighted by molar-refractivity contribution is 0.0982. The Balaban J connectivity index is 2.05. The van der Waals surface area contributed by atoms with Crippen molar-refractivity contribution in [3.05, 3.63) is 69.4 Å². The van der Waals surface area contributed by atoms with Crippen molar-refractivity contribution >= 4 is 21.7 Å². The number of carbonyl (C=O) groups excluding carboxylic acids is 1. The number of benzene rings is 2. The molecule has 0 aliphatic rings. The Bertz CT molecular complexity index is 607. The summed E-state index contributed by atoms with van der Waals surface area (Å²) in [6, 6.07) is 12.5. The quantitative estimate of drug-likeness (QED) is 0.745. The maximum absolute atomic E-state index is 13.4.